The van der Waals surface area contributed by atoms with Gasteiger partial charge in [0.05, 0.1) is 23.9 Å². The Kier molecular flexibility index (Phi) is 2.56. The summed E-state index contributed by atoms with van der Waals surface area (Å²) < 4.78 is 0. The molecule has 0 saturated heterocycles. The van der Waals surface area contributed by atoms with Crippen LogP contribution in [0.5, 0.6) is 0 Å². The molecule has 0 spiro atoms. The molecule has 1 aliphatic heterocycles. The van der Waals surface area contributed by atoms with Crippen molar-refractivity contribution in [1.82, 2.24) is 10.3 Å². The lowest BCUT2D eigenvalue weighted by atomic mass is 10.1. The van der Waals surface area contributed by atoms with Crippen LogP contribution in [0.15, 0.2) is 29.4 Å². The number of nitrogens with one attached hydrogen (secondary N) is 1. The molecule has 2 amide bonds. The maximum Gasteiger partial charge on any atom is 0.337 e. The molecule has 0 unspecified atom stereocenters. The first kappa shape index (κ1) is 10.2. The minimum Gasteiger partial charge on any atom is -0.320 e. The molecule has 0 saturated carbocycles. The Morgan fingerprint density at radius 3 is 3.06 bits per heavy atom. The lowest BCUT2D eigenvalue weighted by Crippen LogP contribution is -2.43. The van der Waals surface area contributed by atoms with Crippen LogP contribution in [-0.4, -0.2) is 30.2 Å². The number of carbonyl (C=O) groups excluding carboxylic acids is 1. The quantitative estimate of drug-likeness (QED) is 0.755. The van der Waals surface area contributed by atoms with Gasteiger partial charge in [-0.2, -0.15) is 10.4 Å². The molecular formula is C11H10N4O. The smallest absolute Gasteiger partial charge is 0.320 e. The van der Waals surface area contributed by atoms with Crippen molar-refractivity contribution in [2.45, 2.75) is 0 Å². The number of urea groups is 1. The lowest BCUT2D eigenvalue weighted by molar-refractivity contribution is 0.212. The largest absolute Gasteiger partial charge is 0.337 e. The molecule has 5 heteroatoms. The average Bonchev–Trinajstić information content (AvgIpc) is 2.33. The Morgan fingerprint density at radius 2 is 2.38 bits per heavy atom. The van der Waals surface area contributed by atoms with Gasteiger partial charge in [0, 0.05) is 12.6 Å². The number of nitrogens with zero attached hydrogens (tertiary/aromatic N) is 3. The third-order valence-corrected chi connectivity index (χ3v) is 2.35. The highest BCUT2D eigenvalue weighted by Gasteiger charge is 2.17. The zero-order valence-electron chi connectivity index (χ0n) is 8.77. The van der Waals surface area contributed by atoms with E-state index in [9.17, 15) is 4.79 Å². The van der Waals surface area contributed by atoms with Crippen molar-refractivity contribution in [3.8, 4) is 6.07 Å². The van der Waals surface area contributed by atoms with Crippen LogP contribution in [0.2, 0.25) is 0 Å². The van der Waals surface area contributed by atoms with E-state index in [1.807, 2.05) is 6.07 Å². The van der Waals surface area contributed by atoms with E-state index in [1.54, 1.807) is 25.2 Å². The molecule has 1 N–H and O–H groups in total. The predicted molar refractivity (Wildman–Crippen MR) is 58.9 cm³/mol. The zero-order chi connectivity index (χ0) is 11.5. The van der Waals surface area contributed by atoms with E-state index < -0.39 is 0 Å². The summed E-state index contributed by atoms with van der Waals surface area (Å²) in [5, 5.41) is 12.8. The fourth-order valence-corrected chi connectivity index (χ4v) is 1.46. The van der Waals surface area contributed by atoms with Crippen LogP contribution >= 0.6 is 0 Å². The van der Waals surface area contributed by atoms with Crippen LogP contribution in [0.4, 0.5) is 4.79 Å². The standard InChI is InChI=1S/C11H10N4O/c1-15-7-10(13-14-11(15)16)9-4-2-3-8(5-9)6-12/h2-5H,7H2,1H3,(H,14,16). The predicted octanol–water partition coefficient (Wildman–Crippen LogP) is 0.917. The fourth-order valence-electron chi connectivity index (χ4n) is 1.46. The number of amides is 2. The summed E-state index contributed by atoms with van der Waals surface area (Å²) >= 11 is 0. The topological polar surface area (TPSA) is 68.5 Å². The van der Waals surface area contributed by atoms with Crippen molar-refractivity contribution < 1.29 is 4.79 Å². The number of carbonyl (C=O) groups is 1. The third-order valence-electron chi connectivity index (χ3n) is 2.35. The summed E-state index contributed by atoms with van der Waals surface area (Å²) in [6.45, 7) is 0.445. The Balaban J connectivity index is 2.32. The molecule has 0 atom stereocenters. The van der Waals surface area contributed by atoms with Gasteiger partial charge in [0.1, 0.15) is 0 Å². The molecule has 0 fully saturated rings. The van der Waals surface area contributed by atoms with E-state index in [1.165, 1.54) is 4.90 Å². The molecule has 5 nitrogen and oxygen atoms in total. The van der Waals surface area contributed by atoms with Crippen LogP contribution in [-0.2, 0) is 0 Å². The number of benzene rings is 1. The van der Waals surface area contributed by atoms with Crippen molar-refractivity contribution in [2.24, 2.45) is 5.10 Å². The molecule has 1 aliphatic rings. The highest BCUT2D eigenvalue weighted by molar-refractivity contribution is 6.05. The molecule has 2 rings (SSSR count). The van der Waals surface area contributed by atoms with Crippen molar-refractivity contribution in [1.29, 1.82) is 5.26 Å². The average molecular weight is 214 g/mol. The summed E-state index contributed by atoms with van der Waals surface area (Å²) in [5.41, 5.74) is 4.59. The molecule has 80 valence electrons. The summed E-state index contributed by atoms with van der Waals surface area (Å²) in [6, 6.07) is 9.00. The molecule has 16 heavy (non-hydrogen) atoms. The maximum atomic E-state index is 11.1. The second-order valence-electron chi connectivity index (χ2n) is 3.52. The van der Waals surface area contributed by atoms with Crippen molar-refractivity contribution in [3.63, 3.8) is 0 Å². The number of hydrogen-bond donors (Lipinski definition) is 1. The molecule has 1 aromatic carbocycles. The van der Waals surface area contributed by atoms with Crippen LogP contribution in [0.1, 0.15) is 11.1 Å². The third kappa shape index (κ3) is 1.86. The minimum absolute atomic E-state index is 0.222. The molecule has 1 aromatic rings. The van der Waals surface area contributed by atoms with E-state index >= 15 is 0 Å². The lowest BCUT2D eigenvalue weighted by Gasteiger charge is -2.22. The minimum atomic E-state index is -0.222. The van der Waals surface area contributed by atoms with Crippen LogP contribution in [0.3, 0.4) is 0 Å². The number of likely N-dealkylation sites (N-methyl/N-ethyl adjacent to an activating group) is 1. The van der Waals surface area contributed by atoms with Gasteiger partial charge in [-0.15, -0.1) is 0 Å². The van der Waals surface area contributed by atoms with Crippen molar-refractivity contribution in [2.75, 3.05) is 13.6 Å². The fraction of sp³-hybridized carbons (Fsp3) is 0.182. The van der Waals surface area contributed by atoms with E-state index in [0.717, 1.165) is 11.3 Å². The SMILES string of the molecule is CN1CC(c2cccc(C#N)c2)=NNC1=O. The van der Waals surface area contributed by atoms with Gasteiger partial charge in [-0.05, 0) is 12.1 Å². The monoisotopic (exact) mass is 214 g/mol. The van der Waals surface area contributed by atoms with E-state index in [4.69, 9.17) is 5.26 Å². The van der Waals surface area contributed by atoms with Gasteiger partial charge in [-0.3, -0.25) is 0 Å². The number of nitriles is 1. The highest BCUT2D eigenvalue weighted by Crippen LogP contribution is 2.08. The second kappa shape index (κ2) is 4.03. The Bertz CT molecular complexity index is 501. The van der Waals surface area contributed by atoms with E-state index in [0.29, 0.717) is 12.1 Å². The molecule has 0 radical (unpaired) electrons. The van der Waals surface area contributed by atoms with Crippen LogP contribution in [0.25, 0.3) is 0 Å². The second-order valence-corrected chi connectivity index (χ2v) is 3.52. The van der Waals surface area contributed by atoms with Crippen molar-refractivity contribution in [3.05, 3.63) is 35.4 Å². The van der Waals surface area contributed by atoms with Gasteiger partial charge < -0.3 is 4.90 Å². The van der Waals surface area contributed by atoms with Crippen molar-refractivity contribution >= 4 is 11.7 Å². The van der Waals surface area contributed by atoms with Gasteiger partial charge >= 0.3 is 6.03 Å². The van der Waals surface area contributed by atoms with Crippen LogP contribution < -0.4 is 5.43 Å². The first-order valence-corrected chi connectivity index (χ1v) is 4.79. The van der Waals surface area contributed by atoms with E-state index in [-0.39, 0.29) is 6.03 Å². The van der Waals surface area contributed by atoms with Gasteiger partial charge in [-0.1, -0.05) is 12.1 Å². The molecule has 1 heterocycles. The zero-order valence-corrected chi connectivity index (χ0v) is 8.77. The normalized spacial score (nSPS) is 15.1. The van der Waals surface area contributed by atoms with E-state index in [2.05, 4.69) is 16.6 Å². The van der Waals surface area contributed by atoms with Gasteiger partial charge in [-0.25, -0.2) is 10.2 Å². The first-order chi connectivity index (χ1) is 7.70. The summed E-state index contributed by atoms with van der Waals surface area (Å²) in [6.07, 6.45) is 0. The summed E-state index contributed by atoms with van der Waals surface area (Å²) in [5.74, 6) is 0. The molecule has 0 aliphatic carbocycles. The van der Waals surface area contributed by atoms with Crippen LogP contribution in [0, 0.1) is 11.3 Å². The summed E-state index contributed by atoms with van der Waals surface area (Å²) in [7, 11) is 1.69. The number of hydrazone groups is 1. The Morgan fingerprint density at radius 1 is 1.56 bits per heavy atom. The molecular weight excluding hydrogens is 204 g/mol. The molecule has 0 aromatic heterocycles. The highest BCUT2D eigenvalue weighted by atomic mass is 16.2. The Labute approximate surface area is 93.0 Å². The van der Waals surface area contributed by atoms with Gasteiger partial charge in [0.15, 0.2) is 0 Å². The van der Waals surface area contributed by atoms with Gasteiger partial charge in [0.2, 0.25) is 0 Å². The Hall–Kier alpha value is -2.35. The first-order valence-electron chi connectivity index (χ1n) is 4.79. The maximum absolute atomic E-state index is 11.1. The molecule has 0 bridgehead atoms. The number of rotatable bonds is 1. The number of hydrogen-bond acceptors (Lipinski definition) is 3. The van der Waals surface area contributed by atoms with Gasteiger partial charge in [0.25, 0.3) is 0 Å². The summed E-state index contributed by atoms with van der Waals surface area (Å²) in [4.78, 5) is 12.7.